The Morgan fingerprint density at radius 2 is 2.42 bits per heavy atom. The Kier molecular flexibility index (Phi) is 2.91. The maximum Gasteiger partial charge on any atom is 0.174 e. The topological polar surface area (TPSA) is 89.8 Å². The first-order chi connectivity index (χ1) is 9.07. The predicted octanol–water partition coefficient (Wildman–Crippen LogP) is -0.994. The molecule has 1 saturated heterocycles. The normalized spacial score (nSPS) is 29.6. The van der Waals surface area contributed by atoms with Gasteiger partial charge in [-0.1, -0.05) is 6.92 Å². The van der Waals surface area contributed by atoms with Gasteiger partial charge < -0.3 is 15.4 Å². The van der Waals surface area contributed by atoms with Crippen LogP contribution in [0.15, 0.2) is 17.3 Å². The second-order valence-electron chi connectivity index (χ2n) is 5.59. The van der Waals surface area contributed by atoms with Crippen LogP contribution in [0.5, 0.6) is 0 Å². The third kappa shape index (κ3) is 2.29. The Morgan fingerprint density at radius 1 is 1.58 bits per heavy atom. The molecule has 2 aliphatic heterocycles. The standard InChI is InChI=1S/C13H19N5O/c1-13(3-5-19-8-13)7-18-6-9-2-4-16-11(14)10(9)17-12(18)15/h2,4,6,12H,3,5,7-8,15H2,1H3,(H2,14,16). The largest absolute Gasteiger partial charge is 0.382 e. The summed E-state index contributed by atoms with van der Waals surface area (Å²) in [7, 11) is 0. The molecule has 3 heterocycles. The molecule has 0 saturated carbocycles. The molecule has 1 aromatic heterocycles. The summed E-state index contributed by atoms with van der Waals surface area (Å²) in [5.41, 5.74) is 12.1. The van der Waals surface area contributed by atoms with E-state index in [4.69, 9.17) is 16.2 Å². The number of nitrogens with zero attached hydrogens (tertiary/aromatic N) is 3. The molecule has 0 bridgehead atoms. The lowest BCUT2D eigenvalue weighted by molar-refractivity contribution is 0.131. The van der Waals surface area contributed by atoms with Crippen molar-refractivity contribution in [3.63, 3.8) is 0 Å². The zero-order valence-electron chi connectivity index (χ0n) is 11.0. The van der Waals surface area contributed by atoms with Crippen LogP contribution < -0.4 is 22.0 Å². The monoisotopic (exact) mass is 261 g/mol. The maximum atomic E-state index is 6.10. The molecule has 0 aromatic carbocycles. The van der Waals surface area contributed by atoms with Crippen LogP contribution in [-0.2, 0) is 4.74 Å². The molecule has 102 valence electrons. The van der Waals surface area contributed by atoms with Gasteiger partial charge >= 0.3 is 0 Å². The Morgan fingerprint density at radius 3 is 3.16 bits per heavy atom. The molecule has 1 fully saturated rings. The van der Waals surface area contributed by atoms with E-state index in [0.717, 1.165) is 31.4 Å². The second-order valence-corrected chi connectivity index (χ2v) is 5.59. The van der Waals surface area contributed by atoms with Crippen molar-refractivity contribution in [1.29, 1.82) is 0 Å². The highest BCUT2D eigenvalue weighted by Gasteiger charge is 2.33. The van der Waals surface area contributed by atoms with E-state index >= 15 is 0 Å². The smallest absolute Gasteiger partial charge is 0.174 e. The van der Waals surface area contributed by atoms with E-state index in [1.165, 1.54) is 0 Å². The molecule has 2 aliphatic rings. The van der Waals surface area contributed by atoms with Crippen LogP contribution in [0, 0.1) is 5.41 Å². The van der Waals surface area contributed by atoms with Gasteiger partial charge in [-0.3, -0.25) is 5.73 Å². The number of anilines is 1. The summed E-state index contributed by atoms with van der Waals surface area (Å²) in [6.07, 6.45) is 4.36. The van der Waals surface area contributed by atoms with Crippen molar-refractivity contribution in [1.82, 2.24) is 9.88 Å². The lowest BCUT2D eigenvalue weighted by Crippen LogP contribution is -2.50. The van der Waals surface area contributed by atoms with Crippen molar-refractivity contribution in [2.75, 3.05) is 25.5 Å². The lowest BCUT2D eigenvalue weighted by atomic mass is 9.89. The molecule has 0 spiro atoms. The third-order valence-electron chi connectivity index (χ3n) is 3.75. The van der Waals surface area contributed by atoms with Gasteiger partial charge in [0.2, 0.25) is 0 Å². The van der Waals surface area contributed by atoms with Gasteiger partial charge in [-0.25, -0.2) is 9.98 Å². The molecule has 0 amide bonds. The number of hydrogen-bond donors (Lipinski definition) is 2. The summed E-state index contributed by atoms with van der Waals surface area (Å²) < 4.78 is 5.48. The van der Waals surface area contributed by atoms with E-state index in [9.17, 15) is 0 Å². The number of rotatable bonds is 2. The van der Waals surface area contributed by atoms with E-state index in [1.807, 2.05) is 12.3 Å². The molecule has 19 heavy (non-hydrogen) atoms. The van der Waals surface area contributed by atoms with Crippen LogP contribution in [0.1, 0.15) is 13.3 Å². The highest BCUT2D eigenvalue weighted by atomic mass is 16.5. The summed E-state index contributed by atoms with van der Waals surface area (Å²) in [4.78, 5) is 10.5. The fourth-order valence-electron chi connectivity index (χ4n) is 2.61. The highest BCUT2D eigenvalue weighted by molar-refractivity contribution is 5.34. The molecule has 2 atom stereocenters. The minimum absolute atomic E-state index is 0.139. The van der Waals surface area contributed by atoms with Gasteiger partial charge in [-0.15, -0.1) is 0 Å². The molecule has 0 radical (unpaired) electrons. The molecule has 3 rings (SSSR count). The summed E-state index contributed by atoms with van der Waals surface area (Å²) in [5.74, 6) is 0.430. The van der Waals surface area contributed by atoms with Gasteiger partial charge in [0, 0.05) is 36.2 Å². The fraction of sp³-hybridized carbons (Fsp3) is 0.538. The molecular weight excluding hydrogens is 242 g/mol. The maximum absolute atomic E-state index is 6.10. The summed E-state index contributed by atoms with van der Waals surface area (Å²) >= 11 is 0. The quantitative estimate of drug-likeness (QED) is 0.713. The highest BCUT2D eigenvalue weighted by Crippen LogP contribution is 2.29. The Labute approximate surface area is 111 Å². The van der Waals surface area contributed by atoms with E-state index in [-0.39, 0.29) is 5.41 Å². The predicted molar refractivity (Wildman–Crippen MR) is 72.1 cm³/mol. The molecule has 6 nitrogen and oxygen atoms in total. The van der Waals surface area contributed by atoms with Crippen molar-refractivity contribution >= 4 is 12.0 Å². The summed E-state index contributed by atoms with van der Waals surface area (Å²) in [5, 5.41) is 1.66. The number of aromatic nitrogens is 1. The van der Waals surface area contributed by atoms with Crippen molar-refractivity contribution < 1.29 is 4.74 Å². The van der Waals surface area contributed by atoms with Gasteiger partial charge in [-0.2, -0.15) is 0 Å². The van der Waals surface area contributed by atoms with Gasteiger partial charge in [0.25, 0.3) is 0 Å². The Bertz CT molecular complexity index is 594. The average molecular weight is 261 g/mol. The van der Waals surface area contributed by atoms with Gasteiger partial charge in [-0.05, 0) is 12.5 Å². The molecule has 2 unspecified atom stereocenters. The van der Waals surface area contributed by atoms with Crippen LogP contribution in [0.2, 0.25) is 0 Å². The van der Waals surface area contributed by atoms with Crippen LogP contribution in [0.4, 0.5) is 5.82 Å². The average Bonchev–Trinajstić information content (AvgIpc) is 2.78. The second kappa shape index (κ2) is 4.47. The van der Waals surface area contributed by atoms with E-state index in [0.29, 0.717) is 11.2 Å². The Hall–Kier alpha value is -1.66. The van der Waals surface area contributed by atoms with Gasteiger partial charge in [0.15, 0.2) is 6.29 Å². The van der Waals surface area contributed by atoms with Crippen LogP contribution in [0.3, 0.4) is 0 Å². The van der Waals surface area contributed by atoms with Crippen molar-refractivity contribution in [2.45, 2.75) is 19.6 Å². The SMILES string of the molecule is CC1(CN2C=c3ccnc(N)c3=NC2N)CCOC1. The number of nitrogen functional groups attached to an aromatic ring is 1. The van der Waals surface area contributed by atoms with E-state index in [2.05, 4.69) is 21.8 Å². The van der Waals surface area contributed by atoms with Crippen LogP contribution >= 0.6 is 0 Å². The Balaban J connectivity index is 1.93. The van der Waals surface area contributed by atoms with Crippen LogP contribution in [-0.4, -0.2) is 35.9 Å². The number of pyridine rings is 1. The molecule has 6 heteroatoms. The molecular formula is C13H19N5O. The summed E-state index contributed by atoms with van der Waals surface area (Å²) in [6.45, 7) is 4.65. The number of fused-ring (bicyclic) bond motifs is 1. The first kappa shape index (κ1) is 12.4. The zero-order chi connectivity index (χ0) is 13.5. The molecule has 4 N–H and O–H groups in total. The van der Waals surface area contributed by atoms with Crippen LogP contribution in [0.25, 0.3) is 6.20 Å². The zero-order valence-corrected chi connectivity index (χ0v) is 11.0. The molecule has 1 aromatic rings. The molecule has 0 aliphatic carbocycles. The van der Waals surface area contributed by atoms with Crippen molar-refractivity contribution in [2.24, 2.45) is 16.1 Å². The number of ether oxygens (including phenoxy) is 1. The number of nitrogens with two attached hydrogens (primary N) is 2. The lowest BCUT2D eigenvalue weighted by Gasteiger charge is -2.34. The van der Waals surface area contributed by atoms with Crippen molar-refractivity contribution in [3.05, 3.63) is 22.8 Å². The first-order valence-electron chi connectivity index (χ1n) is 6.47. The minimum atomic E-state index is -0.406. The van der Waals surface area contributed by atoms with Crippen molar-refractivity contribution in [3.8, 4) is 0 Å². The number of hydrogen-bond acceptors (Lipinski definition) is 6. The minimum Gasteiger partial charge on any atom is -0.382 e. The van der Waals surface area contributed by atoms with E-state index < -0.39 is 6.29 Å². The van der Waals surface area contributed by atoms with Gasteiger partial charge in [0.1, 0.15) is 11.2 Å². The van der Waals surface area contributed by atoms with E-state index in [1.54, 1.807) is 6.20 Å². The summed E-state index contributed by atoms with van der Waals surface area (Å²) in [6, 6.07) is 1.90. The fourth-order valence-corrected chi connectivity index (χ4v) is 2.61. The van der Waals surface area contributed by atoms with Gasteiger partial charge in [0.05, 0.1) is 6.61 Å². The first-order valence-corrected chi connectivity index (χ1v) is 6.47. The third-order valence-corrected chi connectivity index (χ3v) is 3.75.